The zero-order valence-corrected chi connectivity index (χ0v) is 17.3. The van der Waals surface area contributed by atoms with Crippen molar-refractivity contribution in [3.05, 3.63) is 70.8 Å². The Morgan fingerprint density at radius 3 is 1.50 bits per heavy atom. The quantitative estimate of drug-likeness (QED) is 0.218. The summed E-state index contributed by atoms with van der Waals surface area (Å²) in [4.78, 5) is 24.2. The molecule has 2 aromatic rings. The molecule has 0 aromatic heterocycles. The maximum absolute atomic E-state index is 12.1. The van der Waals surface area contributed by atoms with Crippen LogP contribution in [0.2, 0.25) is 0 Å². The Morgan fingerprint density at radius 1 is 0.767 bits per heavy atom. The number of hydrogen-bond donors (Lipinski definition) is 5. The van der Waals surface area contributed by atoms with Crippen LogP contribution in [0.5, 0.6) is 0 Å². The highest BCUT2D eigenvalue weighted by atomic mass is 16.2. The lowest BCUT2D eigenvalue weighted by atomic mass is 10.1. The van der Waals surface area contributed by atoms with E-state index in [2.05, 4.69) is 10.6 Å². The maximum Gasteiger partial charge on any atom is 0.270 e. The van der Waals surface area contributed by atoms with Crippen molar-refractivity contribution < 1.29 is 15.0 Å². The fourth-order valence-corrected chi connectivity index (χ4v) is 2.90. The molecule has 0 fully saturated rings. The van der Waals surface area contributed by atoms with Crippen LogP contribution in [0.3, 0.4) is 0 Å². The van der Waals surface area contributed by atoms with Crippen LogP contribution in [0, 0.1) is 5.41 Å². The summed E-state index contributed by atoms with van der Waals surface area (Å²) in [6, 6.07) is 13.9. The summed E-state index contributed by atoms with van der Waals surface area (Å²) in [6.07, 6.45) is 3.71. The molecule has 0 aliphatic heterocycles. The molecule has 2 rings (SSSR count). The number of nitrogens with two attached hydrogens (primary N) is 2. The molecule has 7 nitrogen and oxygen atoms in total. The molecule has 0 aliphatic rings. The molecule has 158 valence electrons. The lowest BCUT2D eigenvalue weighted by Crippen LogP contribution is -2.46. The fourth-order valence-electron chi connectivity index (χ4n) is 2.90. The molecule has 0 aliphatic carbocycles. The number of carbonyl (C=O) groups excluding carboxylic acids is 2. The van der Waals surface area contributed by atoms with E-state index in [1.165, 1.54) is 0 Å². The summed E-state index contributed by atoms with van der Waals surface area (Å²) in [5.41, 5.74) is 8.69. The van der Waals surface area contributed by atoms with Crippen LogP contribution in [-0.4, -0.2) is 36.5 Å². The minimum atomic E-state index is -0.117. The van der Waals surface area contributed by atoms with E-state index in [1.54, 1.807) is 55.5 Å². The third-order valence-electron chi connectivity index (χ3n) is 4.74. The monoisotopic (exact) mass is 408 g/mol. The van der Waals surface area contributed by atoms with Crippen molar-refractivity contribution in [2.75, 3.05) is 13.1 Å². The zero-order chi connectivity index (χ0) is 21.9. The van der Waals surface area contributed by atoms with Gasteiger partial charge in [-0.3, -0.25) is 20.7 Å². The summed E-state index contributed by atoms with van der Waals surface area (Å²) < 4.78 is 0. The molecular formula is C23H30N5O2+. The highest BCUT2D eigenvalue weighted by molar-refractivity contribution is 5.99. The first kappa shape index (κ1) is 22.8. The molecule has 0 unspecified atom stereocenters. The molecule has 7 N–H and O–H groups in total. The smallest absolute Gasteiger partial charge is 0.270 e. The minimum absolute atomic E-state index is 0.101. The number of benzene rings is 2. The molecule has 7 heteroatoms. The lowest BCUT2D eigenvalue weighted by Gasteiger charge is -2.07. The van der Waals surface area contributed by atoms with E-state index in [0.29, 0.717) is 35.5 Å². The molecular weight excluding hydrogens is 378 g/mol. The van der Waals surface area contributed by atoms with Crippen LogP contribution in [-0.2, 0) is 0 Å². The number of hydrogen-bond acceptors (Lipinski definition) is 3. The molecule has 0 bridgehead atoms. The van der Waals surface area contributed by atoms with Crippen molar-refractivity contribution in [2.24, 2.45) is 5.73 Å². The van der Waals surface area contributed by atoms with E-state index in [0.717, 1.165) is 31.2 Å². The second kappa shape index (κ2) is 11.5. The third kappa shape index (κ3) is 7.16. The molecule has 0 radical (unpaired) electrons. The largest absolute Gasteiger partial charge is 0.352 e. The van der Waals surface area contributed by atoms with Crippen LogP contribution in [0.15, 0.2) is 48.5 Å². The van der Waals surface area contributed by atoms with Gasteiger partial charge in [-0.1, -0.05) is 25.0 Å². The Bertz CT molecular complexity index is 813. The first-order chi connectivity index (χ1) is 14.4. The van der Waals surface area contributed by atoms with Crippen LogP contribution in [0.4, 0.5) is 0 Å². The predicted molar refractivity (Wildman–Crippen MR) is 119 cm³/mol. The van der Waals surface area contributed by atoms with Crippen LogP contribution >= 0.6 is 0 Å². The number of amides is 2. The zero-order valence-electron chi connectivity index (χ0n) is 17.3. The summed E-state index contributed by atoms with van der Waals surface area (Å²) >= 11 is 0. The molecule has 0 spiro atoms. The topological polar surface area (TPSA) is 134 Å². The van der Waals surface area contributed by atoms with E-state index < -0.39 is 0 Å². The van der Waals surface area contributed by atoms with E-state index in [-0.39, 0.29) is 17.6 Å². The highest BCUT2D eigenvalue weighted by Gasteiger charge is 2.07. The van der Waals surface area contributed by atoms with E-state index in [4.69, 9.17) is 16.6 Å². The van der Waals surface area contributed by atoms with Gasteiger partial charge in [-0.2, -0.15) is 0 Å². The SMILES string of the molecule is CC(=N)c1ccc(C(=O)NCCCCCCNC(=O)c2ccc(C(N)=[NH2+])cc2)cc1. The van der Waals surface area contributed by atoms with Gasteiger partial charge in [-0.25, -0.2) is 0 Å². The van der Waals surface area contributed by atoms with Crippen molar-refractivity contribution in [1.29, 1.82) is 5.41 Å². The number of nitrogens with one attached hydrogen (secondary N) is 3. The number of unbranched alkanes of at least 4 members (excludes halogenated alkanes) is 3. The maximum atomic E-state index is 12.1. The highest BCUT2D eigenvalue weighted by Crippen LogP contribution is 2.06. The van der Waals surface area contributed by atoms with Gasteiger partial charge in [0.25, 0.3) is 17.6 Å². The third-order valence-corrected chi connectivity index (χ3v) is 4.74. The second-order valence-electron chi connectivity index (χ2n) is 7.16. The minimum Gasteiger partial charge on any atom is -0.352 e. The first-order valence-corrected chi connectivity index (χ1v) is 10.1. The van der Waals surface area contributed by atoms with Crippen LogP contribution in [0.25, 0.3) is 0 Å². The second-order valence-corrected chi connectivity index (χ2v) is 7.16. The molecule has 0 atom stereocenters. The van der Waals surface area contributed by atoms with Crippen LogP contribution in [0.1, 0.15) is 64.4 Å². The Balaban J connectivity index is 1.56. The molecule has 0 saturated carbocycles. The Labute approximate surface area is 177 Å². The van der Waals surface area contributed by atoms with Gasteiger partial charge in [0.1, 0.15) is 0 Å². The average Bonchev–Trinajstić information content (AvgIpc) is 2.75. The molecule has 30 heavy (non-hydrogen) atoms. The lowest BCUT2D eigenvalue weighted by molar-refractivity contribution is -0.114. The summed E-state index contributed by atoms with van der Waals surface area (Å²) in [6.45, 7) is 2.94. The summed E-state index contributed by atoms with van der Waals surface area (Å²) in [5, 5.41) is 18.9. The summed E-state index contributed by atoms with van der Waals surface area (Å²) in [7, 11) is 0. The van der Waals surface area contributed by atoms with Crippen LogP contribution < -0.4 is 21.8 Å². The van der Waals surface area contributed by atoms with Gasteiger partial charge in [0.2, 0.25) is 0 Å². The Kier molecular flexibility index (Phi) is 8.75. The van der Waals surface area contributed by atoms with E-state index in [9.17, 15) is 9.59 Å². The van der Waals surface area contributed by atoms with Gasteiger partial charge in [0, 0.05) is 29.9 Å². The standard InChI is InChI=1S/C23H29N5O2/c1-16(24)17-6-10-19(11-7-17)22(29)27-14-4-2-3-5-15-28-23(30)20-12-8-18(9-13-20)21(25)26/h6-13,24H,2-5,14-15H2,1H3,(H3,25,26)(H,27,29)(H,28,30)/p+1. The molecule has 0 heterocycles. The van der Waals surface area contributed by atoms with Crippen molar-refractivity contribution in [3.8, 4) is 0 Å². The van der Waals surface area contributed by atoms with E-state index in [1.807, 2.05) is 0 Å². The normalized spacial score (nSPS) is 10.3. The van der Waals surface area contributed by atoms with Crippen molar-refractivity contribution in [1.82, 2.24) is 10.6 Å². The Hall–Kier alpha value is -3.48. The number of amidine groups is 1. The van der Waals surface area contributed by atoms with Gasteiger partial charge in [-0.15, -0.1) is 0 Å². The van der Waals surface area contributed by atoms with E-state index >= 15 is 0 Å². The summed E-state index contributed by atoms with van der Waals surface area (Å²) in [5.74, 6) is 0.0130. The number of rotatable bonds is 11. The average molecular weight is 409 g/mol. The molecule has 0 saturated heterocycles. The predicted octanol–water partition coefficient (Wildman–Crippen LogP) is 1.26. The first-order valence-electron chi connectivity index (χ1n) is 10.1. The van der Waals surface area contributed by atoms with Gasteiger partial charge in [0.05, 0.1) is 5.56 Å². The van der Waals surface area contributed by atoms with Crippen molar-refractivity contribution in [2.45, 2.75) is 32.6 Å². The molecule has 2 amide bonds. The van der Waals surface area contributed by atoms with Gasteiger partial charge in [0.15, 0.2) is 0 Å². The van der Waals surface area contributed by atoms with Gasteiger partial charge >= 0.3 is 0 Å². The van der Waals surface area contributed by atoms with Gasteiger partial charge in [-0.05, 0) is 61.7 Å². The van der Waals surface area contributed by atoms with Crippen molar-refractivity contribution in [3.63, 3.8) is 0 Å². The number of carbonyl (C=O) groups is 2. The fraction of sp³-hybridized carbons (Fsp3) is 0.304. The Morgan fingerprint density at radius 2 is 1.13 bits per heavy atom. The molecule has 2 aromatic carbocycles. The van der Waals surface area contributed by atoms with Gasteiger partial charge < -0.3 is 16.0 Å². The van der Waals surface area contributed by atoms with Crippen molar-refractivity contribution >= 4 is 23.4 Å².